The van der Waals surface area contributed by atoms with E-state index in [4.69, 9.17) is 0 Å². The highest BCUT2D eigenvalue weighted by atomic mass is 79.9. The Bertz CT molecular complexity index is 360. The van der Waals surface area contributed by atoms with Gasteiger partial charge in [0, 0.05) is 18.0 Å². The van der Waals surface area contributed by atoms with Crippen LogP contribution in [0.25, 0.3) is 0 Å². The Labute approximate surface area is 96.0 Å². The van der Waals surface area contributed by atoms with Crippen LogP contribution in [0.1, 0.15) is 23.5 Å². The van der Waals surface area contributed by atoms with E-state index in [0.29, 0.717) is 16.6 Å². The fourth-order valence-corrected chi connectivity index (χ4v) is 2.57. The molecule has 1 unspecified atom stereocenters. The number of aryl methyl sites for hydroxylation is 1. The minimum Gasteiger partial charge on any atom is -0.316 e. The smallest absolute Gasteiger partial charge is 0.143 e. The van der Waals surface area contributed by atoms with Gasteiger partial charge in [0.15, 0.2) is 0 Å². The van der Waals surface area contributed by atoms with Crippen LogP contribution in [0.3, 0.4) is 0 Å². The summed E-state index contributed by atoms with van der Waals surface area (Å²) in [5.74, 6) is -0.891. The molecule has 1 aromatic carbocycles. The van der Waals surface area contributed by atoms with Crippen molar-refractivity contribution in [2.45, 2.75) is 19.3 Å². The van der Waals surface area contributed by atoms with E-state index >= 15 is 0 Å². The normalized spacial score (nSPS) is 20.9. The molecular weight excluding hydrogens is 264 g/mol. The van der Waals surface area contributed by atoms with Crippen molar-refractivity contribution in [2.24, 2.45) is 0 Å². The van der Waals surface area contributed by atoms with Gasteiger partial charge in [0.05, 0.1) is 4.47 Å². The first-order valence-corrected chi connectivity index (χ1v) is 5.75. The zero-order valence-electron chi connectivity index (χ0n) is 8.41. The van der Waals surface area contributed by atoms with Crippen molar-refractivity contribution in [1.82, 2.24) is 5.32 Å². The lowest BCUT2D eigenvalue weighted by atomic mass is 9.95. The summed E-state index contributed by atoms with van der Waals surface area (Å²) in [7, 11) is 0. The summed E-state index contributed by atoms with van der Waals surface area (Å²) in [5, 5.41) is 3.12. The summed E-state index contributed by atoms with van der Waals surface area (Å²) in [6, 6.07) is 1.48. The molecule has 1 aliphatic heterocycles. The van der Waals surface area contributed by atoms with Crippen molar-refractivity contribution >= 4 is 15.9 Å². The number of benzene rings is 1. The molecule has 0 bridgehead atoms. The molecule has 1 nitrogen and oxygen atoms in total. The zero-order chi connectivity index (χ0) is 11.0. The molecule has 1 aliphatic rings. The number of nitrogens with one attached hydrogen (secondary N) is 1. The monoisotopic (exact) mass is 275 g/mol. The summed E-state index contributed by atoms with van der Waals surface area (Å²) >= 11 is 3.12. The van der Waals surface area contributed by atoms with E-state index in [9.17, 15) is 8.78 Å². The van der Waals surface area contributed by atoms with E-state index in [2.05, 4.69) is 21.2 Å². The topological polar surface area (TPSA) is 12.0 Å². The lowest BCUT2D eigenvalue weighted by Gasteiger charge is -2.14. The Balaban J connectivity index is 2.52. The van der Waals surface area contributed by atoms with Crippen LogP contribution in [-0.2, 0) is 0 Å². The van der Waals surface area contributed by atoms with Crippen molar-refractivity contribution in [2.75, 3.05) is 13.1 Å². The molecule has 1 N–H and O–H groups in total. The van der Waals surface area contributed by atoms with Crippen LogP contribution in [0, 0.1) is 18.6 Å². The average molecular weight is 276 g/mol. The zero-order valence-corrected chi connectivity index (χ0v) is 10.00. The van der Waals surface area contributed by atoms with Crippen molar-refractivity contribution < 1.29 is 8.78 Å². The first kappa shape index (κ1) is 11.0. The van der Waals surface area contributed by atoms with Crippen LogP contribution in [0.15, 0.2) is 10.5 Å². The maximum absolute atomic E-state index is 13.8. The van der Waals surface area contributed by atoms with Crippen molar-refractivity contribution in [3.05, 3.63) is 33.3 Å². The van der Waals surface area contributed by atoms with Crippen LogP contribution < -0.4 is 5.32 Å². The minimum absolute atomic E-state index is 0.0406. The number of hydrogen-bond acceptors (Lipinski definition) is 1. The van der Waals surface area contributed by atoms with Gasteiger partial charge in [-0.05, 0) is 47.4 Å². The van der Waals surface area contributed by atoms with Crippen molar-refractivity contribution in [3.63, 3.8) is 0 Å². The highest BCUT2D eigenvalue weighted by molar-refractivity contribution is 9.10. The van der Waals surface area contributed by atoms with E-state index < -0.39 is 11.6 Å². The predicted octanol–water partition coefficient (Wildman–Crippen LogP) is 3.11. The third kappa shape index (κ3) is 1.93. The minimum atomic E-state index is -0.452. The van der Waals surface area contributed by atoms with Gasteiger partial charge in [0.25, 0.3) is 0 Å². The van der Waals surface area contributed by atoms with E-state index in [1.807, 2.05) is 0 Å². The van der Waals surface area contributed by atoms with Crippen LogP contribution in [-0.4, -0.2) is 13.1 Å². The third-order valence-electron chi connectivity index (χ3n) is 2.84. The van der Waals surface area contributed by atoms with Crippen molar-refractivity contribution in [3.8, 4) is 0 Å². The van der Waals surface area contributed by atoms with Crippen LogP contribution in [0.5, 0.6) is 0 Å². The van der Waals surface area contributed by atoms with Gasteiger partial charge >= 0.3 is 0 Å². The van der Waals surface area contributed by atoms with E-state index in [-0.39, 0.29) is 11.5 Å². The number of rotatable bonds is 1. The Morgan fingerprint density at radius 1 is 1.40 bits per heavy atom. The van der Waals surface area contributed by atoms with E-state index in [0.717, 1.165) is 13.0 Å². The standard InChI is InChI=1S/C11H12BrF2N/c1-6-4-8(12)11(14)9(10(6)13)7-2-3-15-5-7/h4,7,15H,2-3,5H2,1H3. The fraction of sp³-hybridized carbons (Fsp3) is 0.455. The van der Waals surface area contributed by atoms with Crippen molar-refractivity contribution in [1.29, 1.82) is 0 Å². The van der Waals surface area contributed by atoms with Gasteiger partial charge in [-0.3, -0.25) is 0 Å². The van der Waals surface area contributed by atoms with Gasteiger partial charge in [-0.25, -0.2) is 8.78 Å². The maximum Gasteiger partial charge on any atom is 0.143 e. The Kier molecular flexibility index (Phi) is 3.07. The summed E-state index contributed by atoms with van der Waals surface area (Å²) in [6.07, 6.45) is 0.795. The van der Waals surface area contributed by atoms with Gasteiger partial charge in [-0.15, -0.1) is 0 Å². The molecule has 1 heterocycles. The molecule has 82 valence electrons. The molecular formula is C11H12BrF2N. The summed E-state index contributed by atoms with van der Waals surface area (Å²) < 4.78 is 27.9. The van der Waals surface area contributed by atoms with Crippen LogP contribution in [0.2, 0.25) is 0 Å². The fourth-order valence-electron chi connectivity index (χ4n) is 2.01. The van der Waals surface area contributed by atoms with E-state index in [1.54, 1.807) is 6.92 Å². The molecule has 0 spiro atoms. The van der Waals surface area contributed by atoms with Crippen LogP contribution >= 0.6 is 15.9 Å². The molecule has 0 aliphatic carbocycles. The van der Waals surface area contributed by atoms with Gasteiger partial charge in [0.2, 0.25) is 0 Å². The predicted molar refractivity (Wildman–Crippen MR) is 59.0 cm³/mol. The van der Waals surface area contributed by atoms with Gasteiger partial charge in [-0.1, -0.05) is 0 Å². The van der Waals surface area contributed by atoms with Gasteiger partial charge < -0.3 is 5.32 Å². The lowest BCUT2D eigenvalue weighted by Crippen LogP contribution is -2.11. The molecule has 0 radical (unpaired) electrons. The van der Waals surface area contributed by atoms with Gasteiger partial charge in [-0.2, -0.15) is 0 Å². The highest BCUT2D eigenvalue weighted by Crippen LogP contribution is 2.32. The molecule has 0 saturated carbocycles. The Morgan fingerprint density at radius 3 is 2.73 bits per heavy atom. The van der Waals surface area contributed by atoms with E-state index in [1.165, 1.54) is 6.07 Å². The highest BCUT2D eigenvalue weighted by Gasteiger charge is 2.25. The largest absolute Gasteiger partial charge is 0.316 e. The molecule has 1 fully saturated rings. The first-order valence-electron chi connectivity index (χ1n) is 4.96. The molecule has 15 heavy (non-hydrogen) atoms. The molecule has 4 heteroatoms. The van der Waals surface area contributed by atoms with Gasteiger partial charge in [0.1, 0.15) is 11.6 Å². The van der Waals surface area contributed by atoms with Crippen LogP contribution in [0.4, 0.5) is 8.78 Å². The second-order valence-electron chi connectivity index (χ2n) is 3.91. The summed E-state index contributed by atoms with van der Waals surface area (Å²) in [6.45, 7) is 3.14. The average Bonchev–Trinajstić information content (AvgIpc) is 2.69. The number of hydrogen-bond donors (Lipinski definition) is 1. The Hall–Kier alpha value is -0.480. The first-order chi connectivity index (χ1) is 7.11. The quantitative estimate of drug-likeness (QED) is 0.777. The number of halogens is 3. The molecule has 0 amide bonds. The molecule has 1 atom stereocenters. The lowest BCUT2D eigenvalue weighted by molar-refractivity contribution is 0.523. The third-order valence-corrected chi connectivity index (χ3v) is 3.42. The second kappa shape index (κ2) is 4.18. The summed E-state index contributed by atoms with van der Waals surface area (Å²) in [4.78, 5) is 0. The molecule has 1 aromatic rings. The second-order valence-corrected chi connectivity index (χ2v) is 4.76. The molecule has 2 rings (SSSR count). The molecule has 0 aromatic heterocycles. The maximum atomic E-state index is 13.8. The SMILES string of the molecule is Cc1cc(Br)c(F)c(C2CCNC2)c1F. The summed E-state index contributed by atoms with van der Waals surface area (Å²) in [5.41, 5.74) is 0.719. The molecule has 1 saturated heterocycles. The Morgan fingerprint density at radius 2 is 2.13 bits per heavy atom.